The third-order valence-electron chi connectivity index (χ3n) is 4.41. The van der Waals surface area contributed by atoms with Crippen LogP contribution in [0.3, 0.4) is 0 Å². The number of rotatable bonds is 8. The number of carbonyl (C=O) groups is 4. The number of ether oxygens (including phenoxy) is 2. The number of amides is 3. The minimum atomic E-state index is -3.43. The maximum Gasteiger partial charge on any atom is 0.414 e. The fourth-order valence-corrected chi connectivity index (χ4v) is 4.72. The second-order valence-corrected chi connectivity index (χ2v) is 9.84. The number of imide groups is 1. The van der Waals surface area contributed by atoms with Gasteiger partial charge in [0.25, 0.3) is 11.8 Å². The third kappa shape index (κ3) is 6.17. The molecular weight excluding hydrogens is 472 g/mol. The fraction of sp³-hybridized carbons (Fsp3) is 0.333. The molecule has 0 bridgehead atoms. The first-order valence-corrected chi connectivity index (χ1v) is 12.4. The van der Waals surface area contributed by atoms with Crippen LogP contribution in [0.15, 0.2) is 29.2 Å². The Bertz CT molecular complexity index is 1170. The van der Waals surface area contributed by atoms with Crippen LogP contribution in [0, 0.1) is 6.92 Å². The van der Waals surface area contributed by atoms with E-state index >= 15 is 0 Å². The Kier molecular flexibility index (Phi) is 8.71. The first-order valence-electron chi connectivity index (χ1n) is 9.98. The van der Waals surface area contributed by atoms with E-state index in [1.165, 1.54) is 38.1 Å². The number of sulfone groups is 1. The molecule has 0 aliphatic heterocycles. The molecule has 12 heteroatoms. The normalized spacial score (nSPS) is 10.9. The lowest BCUT2D eigenvalue weighted by atomic mass is 10.1. The van der Waals surface area contributed by atoms with Crippen molar-refractivity contribution in [1.82, 2.24) is 5.32 Å². The van der Waals surface area contributed by atoms with Crippen molar-refractivity contribution in [3.05, 3.63) is 45.8 Å². The van der Waals surface area contributed by atoms with E-state index in [0.717, 1.165) is 11.3 Å². The molecule has 0 saturated heterocycles. The molecule has 2 N–H and O–H groups in total. The third-order valence-corrected chi connectivity index (χ3v) is 7.35. The average molecular weight is 497 g/mol. The SMILES string of the molecule is CCOC(=O)NC(=O)c1c(NC(=O)c2ccc(S(=O)(=O)CC)cc2)sc(C(=O)OCC)c1C. The van der Waals surface area contributed by atoms with E-state index in [9.17, 15) is 27.6 Å². The van der Waals surface area contributed by atoms with Crippen LogP contribution < -0.4 is 10.6 Å². The highest BCUT2D eigenvalue weighted by Crippen LogP contribution is 2.34. The number of alkyl carbamates (subject to hydrolysis) is 1. The lowest BCUT2D eigenvalue weighted by molar-refractivity contribution is 0.0531. The highest BCUT2D eigenvalue weighted by Gasteiger charge is 2.28. The van der Waals surface area contributed by atoms with Crippen molar-refractivity contribution in [2.45, 2.75) is 32.6 Å². The van der Waals surface area contributed by atoms with Crippen LogP contribution in [0.4, 0.5) is 9.80 Å². The summed E-state index contributed by atoms with van der Waals surface area (Å²) >= 11 is 0.822. The quantitative estimate of drug-likeness (QED) is 0.530. The second-order valence-electron chi connectivity index (χ2n) is 6.54. The summed E-state index contributed by atoms with van der Waals surface area (Å²) in [5, 5.41) is 4.62. The Morgan fingerprint density at radius 1 is 0.939 bits per heavy atom. The van der Waals surface area contributed by atoms with E-state index in [1.54, 1.807) is 13.8 Å². The Balaban J connectivity index is 2.40. The molecule has 0 fully saturated rings. The summed E-state index contributed by atoms with van der Waals surface area (Å²) in [5.74, 6) is -2.27. The number of esters is 1. The Morgan fingerprint density at radius 3 is 2.09 bits per heavy atom. The summed E-state index contributed by atoms with van der Waals surface area (Å²) in [6.07, 6.45) is -0.976. The zero-order valence-electron chi connectivity index (χ0n) is 18.5. The van der Waals surface area contributed by atoms with E-state index in [4.69, 9.17) is 9.47 Å². The molecule has 0 atom stereocenters. The first kappa shape index (κ1) is 26.0. The van der Waals surface area contributed by atoms with Gasteiger partial charge in [0.2, 0.25) is 0 Å². The van der Waals surface area contributed by atoms with Gasteiger partial charge in [-0.1, -0.05) is 6.92 Å². The van der Waals surface area contributed by atoms with Crippen LogP contribution in [0.25, 0.3) is 0 Å². The van der Waals surface area contributed by atoms with Crippen molar-refractivity contribution >= 4 is 50.1 Å². The van der Waals surface area contributed by atoms with Crippen LogP contribution in [-0.4, -0.2) is 51.3 Å². The van der Waals surface area contributed by atoms with Crippen LogP contribution in [-0.2, 0) is 19.3 Å². The maximum atomic E-state index is 12.8. The number of nitrogens with one attached hydrogen (secondary N) is 2. The summed E-state index contributed by atoms with van der Waals surface area (Å²) in [7, 11) is -3.43. The van der Waals surface area contributed by atoms with E-state index in [0.29, 0.717) is 0 Å². The molecule has 2 rings (SSSR count). The van der Waals surface area contributed by atoms with E-state index in [-0.39, 0.29) is 50.4 Å². The van der Waals surface area contributed by atoms with Gasteiger partial charge in [-0.25, -0.2) is 18.0 Å². The molecule has 10 nitrogen and oxygen atoms in total. The standard InChI is InChI=1S/C21H24N2O8S2/c1-5-30-20(26)16-12(4)15(18(25)23-21(27)31-6-2)19(32-16)22-17(24)13-8-10-14(11-9-13)33(28,29)7-3/h8-11H,5-7H2,1-4H3,(H,22,24)(H,23,25,27). The van der Waals surface area contributed by atoms with Gasteiger partial charge in [0.1, 0.15) is 9.88 Å². The maximum absolute atomic E-state index is 12.8. The molecule has 178 valence electrons. The van der Waals surface area contributed by atoms with Gasteiger partial charge in [-0.15, -0.1) is 11.3 Å². The van der Waals surface area contributed by atoms with Crippen molar-refractivity contribution in [3.63, 3.8) is 0 Å². The Hall–Kier alpha value is -3.25. The van der Waals surface area contributed by atoms with E-state index in [1.807, 2.05) is 5.32 Å². The van der Waals surface area contributed by atoms with Crippen molar-refractivity contribution in [2.24, 2.45) is 0 Å². The van der Waals surface area contributed by atoms with Gasteiger partial charge in [-0.2, -0.15) is 0 Å². The smallest absolute Gasteiger partial charge is 0.414 e. The topological polar surface area (TPSA) is 145 Å². The first-order chi connectivity index (χ1) is 15.5. The van der Waals surface area contributed by atoms with Crippen LogP contribution in [0.1, 0.15) is 56.7 Å². The minimum absolute atomic E-state index is 0.0209. The number of hydrogen-bond donors (Lipinski definition) is 2. The second kappa shape index (κ2) is 11.1. The molecule has 0 unspecified atom stereocenters. The van der Waals surface area contributed by atoms with Crippen molar-refractivity contribution in [1.29, 1.82) is 0 Å². The lowest BCUT2D eigenvalue weighted by Crippen LogP contribution is -2.32. The Morgan fingerprint density at radius 2 is 1.55 bits per heavy atom. The van der Waals surface area contributed by atoms with Crippen LogP contribution in [0.2, 0.25) is 0 Å². The number of thiophene rings is 1. The van der Waals surface area contributed by atoms with Gasteiger partial charge in [0, 0.05) is 5.56 Å². The number of hydrogen-bond acceptors (Lipinski definition) is 9. The molecule has 33 heavy (non-hydrogen) atoms. The highest BCUT2D eigenvalue weighted by molar-refractivity contribution is 7.91. The molecule has 0 aliphatic rings. The average Bonchev–Trinajstić information content (AvgIpc) is 3.09. The lowest BCUT2D eigenvalue weighted by Gasteiger charge is -2.09. The summed E-state index contributed by atoms with van der Waals surface area (Å²) in [6, 6.07) is 5.30. The molecule has 0 aliphatic carbocycles. The van der Waals surface area contributed by atoms with Gasteiger partial charge in [0.05, 0.1) is 29.4 Å². The molecule has 1 aromatic carbocycles. The molecule has 2 aromatic rings. The van der Waals surface area contributed by atoms with E-state index in [2.05, 4.69) is 5.32 Å². The minimum Gasteiger partial charge on any atom is -0.462 e. The van der Waals surface area contributed by atoms with Crippen LogP contribution in [0.5, 0.6) is 0 Å². The van der Waals surface area contributed by atoms with Crippen molar-refractivity contribution in [3.8, 4) is 0 Å². The van der Waals surface area contributed by atoms with Crippen molar-refractivity contribution < 1.29 is 37.1 Å². The summed E-state index contributed by atoms with van der Waals surface area (Å²) in [6.45, 7) is 6.35. The van der Waals surface area contributed by atoms with Crippen molar-refractivity contribution in [2.75, 3.05) is 24.3 Å². The molecule has 3 amide bonds. The molecule has 0 spiro atoms. The number of benzene rings is 1. The largest absolute Gasteiger partial charge is 0.462 e. The zero-order valence-corrected chi connectivity index (χ0v) is 20.1. The number of anilines is 1. The molecule has 0 radical (unpaired) electrons. The van der Waals surface area contributed by atoms with Gasteiger partial charge < -0.3 is 14.8 Å². The van der Waals surface area contributed by atoms with Gasteiger partial charge in [0.15, 0.2) is 9.84 Å². The predicted octanol–water partition coefficient (Wildman–Crippen LogP) is 3.17. The number of carbonyl (C=O) groups excluding carboxylic acids is 4. The summed E-state index contributed by atoms with van der Waals surface area (Å²) in [4.78, 5) is 49.6. The summed E-state index contributed by atoms with van der Waals surface area (Å²) < 4.78 is 33.6. The molecule has 0 saturated carbocycles. The molecular formula is C21H24N2O8S2. The highest BCUT2D eigenvalue weighted by atomic mass is 32.2. The molecule has 1 aromatic heterocycles. The monoisotopic (exact) mass is 496 g/mol. The van der Waals surface area contributed by atoms with E-state index < -0.39 is 33.7 Å². The summed E-state index contributed by atoms with van der Waals surface area (Å²) in [5.41, 5.74) is 0.264. The Labute approximate surface area is 195 Å². The fourth-order valence-electron chi connectivity index (χ4n) is 2.74. The molecule has 1 heterocycles. The van der Waals surface area contributed by atoms with Gasteiger partial charge in [-0.3, -0.25) is 14.9 Å². The van der Waals surface area contributed by atoms with Crippen LogP contribution >= 0.6 is 11.3 Å². The van der Waals surface area contributed by atoms with Gasteiger partial charge >= 0.3 is 12.1 Å². The zero-order chi connectivity index (χ0) is 24.8. The predicted molar refractivity (Wildman–Crippen MR) is 122 cm³/mol. The van der Waals surface area contributed by atoms with Gasteiger partial charge in [-0.05, 0) is 50.6 Å².